The summed E-state index contributed by atoms with van der Waals surface area (Å²) >= 11 is 1.86. The lowest BCUT2D eigenvalue weighted by Crippen LogP contribution is -2.09. The summed E-state index contributed by atoms with van der Waals surface area (Å²) in [5.41, 5.74) is 7.22. The summed E-state index contributed by atoms with van der Waals surface area (Å²) in [6.45, 7) is 5.23. The molecule has 1 aromatic rings. The van der Waals surface area contributed by atoms with Crippen molar-refractivity contribution in [1.82, 2.24) is 0 Å². The summed E-state index contributed by atoms with van der Waals surface area (Å²) in [6, 6.07) is 2.27. The van der Waals surface area contributed by atoms with E-state index >= 15 is 0 Å². The molecule has 0 spiro atoms. The predicted molar refractivity (Wildman–Crippen MR) is 65.0 cm³/mol. The van der Waals surface area contributed by atoms with Gasteiger partial charge in [0.05, 0.1) is 0 Å². The SMILES string of the molecule is CCCCCc1ccsc1C(C)CN. The van der Waals surface area contributed by atoms with Crippen molar-refractivity contribution < 1.29 is 0 Å². The van der Waals surface area contributed by atoms with Crippen LogP contribution < -0.4 is 5.73 Å². The van der Waals surface area contributed by atoms with Crippen LogP contribution in [0.2, 0.25) is 0 Å². The number of rotatable bonds is 6. The van der Waals surface area contributed by atoms with Gasteiger partial charge < -0.3 is 5.73 Å². The van der Waals surface area contributed by atoms with E-state index in [2.05, 4.69) is 25.3 Å². The van der Waals surface area contributed by atoms with Gasteiger partial charge in [-0.2, -0.15) is 0 Å². The van der Waals surface area contributed by atoms with Crippen molar-refractivity contribution in [3.63, 3.8) is 0 Å². The van der Waals surface area contributed by atoms with E-state index < -0.39 is 0 Å². The van der Waals surface area contributed by atoms with Gasteiger partial charge in [-0.05, 0) is 36.4 Å². The van der Waals surface area contributed by atoms with E-state index in [1.807, 2.05) is 11.3 Å². The smallest absolute Gasteiger partial charge is 0.0118 e. The minimum absolute atomic E-state index is 0.534. The highest BCUT2D eigenvalue weighted by molar-refractivity contribution is 7.10. The van der Waals surface area contributed by atoms with Crippen molar-refractivity contribution in [3.8, 4) is 0 Å². The van der Waals surface area contributed by atoms with Crippen molar-refractivity contribution in [2.45, 2.75) is 45.4 Å². The summed E-state index contributed by atoms with van der Waals surface area (Å²) in [4.78, 5) is 1.50. The van der Waals surface area contributed by atoms with Crippen LogP contribution in [0, 0.1) is 0 Å². The van der Waals surface area contributed by atoms with Crippen LogP contribution in [-0.2, 0) is 6.42 Å². The van der Waals surface area contributed by atoms with Crippen molar-refractivity contribution in [2.24, 2.45) is 5.73 Å². The third kappa shape index (κ3) is 3.10. The molecule has 0 radical (unpaired) electrons. The lowest BCUT2D eigenvalue weighted by atomic mass is 10.0. The van der Waals surface area contributed by atoms with E-state index in [4.69, 9.17) is 5.73 Å². The molecule has 1 atom stereocenters. The van der Waals surface area contributed by atoms with Crippen LogP contribution in [-0.4, -0.2) is 6.54 Å². The number of thiophene rings is 1. The first-order valence-electron chi connectivity index (χ1n) is 5.56. The largest absolute Gasteiger partial charge is 0.330 e. The molecule has 2 heteroatoms. The molecular weight excluding hydrogens is 190 g/mol. The lowest BCUT2D eigenvalue weighted by molar-refractivity contribution is 0.705. The quantitative estimate of drug-likeness (QED) is 0.716. The lowest BCUT2D eigenvalue weighted by Gasteiger charge is -2.09. The van der Waals surface area contributed by atoms with E-state index in [1.54, 1.807) is 0 Å². The second-order valence-corrected chi connectivity index (χ2v) is 4.85. The Morgan fingerprint density at radius 2 is 2.21 bits per heavy atom. The molecule has 0 bridgehead atoms. The Balaban J connectivity index is 2.53. The molecule has 80 valence electrons. The fourth-order valence-electron chi connectivity index (χ4n) is 1.66. The molecule has 1 aromatic heterocycles. The monoisotopic (exact) mass is 211 g/mol. The van der Waals surface area contributed by atoms with Crippen LogP contribution in [0.15, 0.2) is 11.4 Å². The van der Waals surface area contributed by atoms with E-state index in [1.165, 1.54) is 36.1 Å². The molecule has 1 heterocycles. The third-order valence-electron chi connectivity index (χ3n) is 2.63. The number of hydrogen-bond donors (Lipinski definition) is 1. The first kappa shape index (κ1) is 11.7. The Bertz CT molecular complexity index is 255. The summed E-state index contributed by atoms with van der Waals surface area (Å²) in [5.74, 6) is 0.534. The molecular formula is C12H21NS. The van der Waals surface area contributed by atoms with Gasteiger partial charge in [0.2, 0.25) is 0 Å². The van der Waals surface area contributed by atoms with Gasteiger partial charge in [0.1, 0.15) is 0 Å². The van der Waals surface area contributed by atoms with Crippen LogP contribution in [0.4, 0.5) is 0 Å². The molecule has 0 aliphatic heterocycles. The summed E-state index contributed by atoms with van der Waals surface area (Å²) in [6.07, 6.45) is 5.19. The molecule has 0 saturated heterocycles. The van der Waals surface area contributed by atoms with Gasteiger partial charge in [0.25, 0.3) is 0 Å². The summed E-state index contributed by atoms with van der Waals surface area (Å²) < 4.78 is 0. The van der Waals surface area contributed by atoms with Crippen LogP contribution in [0.5, 0.6) is 0 Å². The number of unbranched alkanes of at least 4 members (excludes halogenated alkanes) is 2. The van der Waals surface area contributed by atoms with Gasteiger partial charge in [-0.1, -0.05) is 26.7 Å². The molecule has 1 nitrogen and oxygen atoms in total. The van der Waals surface area contributed by atoms with Gasteiger partial charge in [-0.15, -0.1) is 11.3 Å². The predicted octanol–water partition coefficient (Wildman–Crippen LogP) is 3.54. The van der Waals surface area contributed by atoms with Crippen molar-refractivity contribution in [1.29, 1.82) is 0 Å². The number of hydrogen-bond acceptors (Lipinski definition) is 2. The molecule has 2 N–H and O–H groups in total. The second-order valence-electron chi connectivity index (χ2n) is 3.90. The average Bonchev–Trinajstić information content (AvgIpc) is 2.65. The van der Waals surface area contributed by atoms with Crippen LogP contribution in [0.1, 0.15) is 49.5 Å². The Kier molecular flexibility index (Phi) is 5.20. The molecule has 14 heavy (non-hydrogen) atoms. The third-order valence-corrected chi connectivity index (χ3v) is 3.82. The minimum atomic E-state index is 0.534. The van der Waals surface area contributed by atoms with Crippen LogP contribution in [0.3, 0.4) is 0 Å². The Labute approximate surface area is 91.3 Å². The van der Waals surface area contributed by atoms with Crippen LogP contribution in [0.25, 0.3) is 0 Å². The van der Waals surface area contributed by atoms with E-state index in [0.717, 1.165) is 6.54 Å². The minimum Gasteiger partial charge on any atom is -0.330 e. The van der Waals surface area contributed by atoms with Gasteiger partial charge in [-0.3, -0.25) is 0 Å². The Morgan fingerprint density at radius 3 is 2.86 bits per heavy atom. The molecule has 0 aliphatic rings. The second kappa shape index (κ2) is 6.20. The highest BCUT2D eigenvalue weighted by atomic mass is 32.1. The summed E-state index contributed by atoms with van der Waals surface area (Å²) in [7, 11) is 0. The topological polar surface area (TPSA) is 26.0 Å². The molecule has 0 fully saturated rings. The van der Waals surface area contributed by atoms with Crippen LogP contribution >= 0.6 is 11.3 Å². The van der Waals surface area contributed by atoms with E-state index in [-0.39, 0.29) is 0 Å². The summed E-state index contributed by atoms with van der Waals surface area (Å²) in [5, 5.41) is 2.20. The molecule has 0 amide bonds. The standard InChI is InChI=1S/C12H21NS/c1-3-4-5-6-11-7-8-14-12(11)10(2)9-13/h7-8,10H,3-6,9,13H2,1-2H3. The average molecular weight is 211 g/mol. The van der Waals surface area contributed by atoms with Gasteiger partial charge in [-0.25, -0.2) is 0 Å². The van der Waals surface area contributed by atoms with Crippen molar-refractivity contribution in [2.75, 3.05) is 6.54 Å². The maximum absolute atomic E-state index is 5.69. The first-order chi connectivity index (χ1) is 6.79. The number of nitrogens with two attached hydrogens (primary N) is 1. The van der Waals surface area contributed by atoms with Gasteiger partial charge in [0, 0.05) is 10.8 Å². The van der Waals surface area contributed by atoms with Crippen molar-refractivity contribution >= 4 is 11.3 Å². The zero-order chi connectivity index (χ0) is 10.4. The van der Waals surface area contributed by atoms with Gasteiger partial charge >= 0.3 is 0 Å². The zero-order valence-corrected chi connectivity index (χ0v) is 10.1. The molecule has 1 unspecified atom stereocenters. The maximum Gasteiger partial charge on any atom is 0.0118 e. The highest BCUT2D eigenvalue weighted by Crippen LogP contribution is 2.26. The molecule has 1 rings (SSSR count). The number of aryl methyl sites for hydroxylation is 1. The zero-order valence-electron chi connectivity index (χ0n) is 9.25. The van der Waals surface area contributed by atoms with E-state index in [9.17, 15) is 0 Å². The van der Waals surface area contributed by atoms with E-state index in [0.29, 0.717) is 5.92 Å². The van der Waals surface area contributed by atoms with Gasteiger partial charge in [0.15, 0.2) is 0 Å². The molecule has 0 aromatic carbocycles. The van der Waals surface area contributed by atoms with Crippen molar-refractivity contribution in [3.05, 3.63) is 21.9 Å². The highest BCUT2D eigenvalue weighted by Gasteiger charge is 2.09. The fraction of sp³-hybridized carbons (Fsp3) is 0.667. The molecule has 0 saturated carbocycles. The first-order valence-corrected chi connectivity index (χ1v) is 6.43. The molecule has 0 aliphatic carbocycles. The fourth-order valence-corrected chi connectivity index (χ4v) is 2.69. The normalized spacial score (nSPS) is 13.1. The Morgan fingerprint density at radius 1 is 1.43 bits per heavy atom. The maximum atomic E-state index is 5.69. The Hall–Kier alpha value is -0.340.